The predicted octanol–water partition coefficient (Wildman–Crippen LogP) is 6.35. The smallest absolute Gasteiger partial charge is 0.234 e. The average molecular weight is 415 g/mol. The molecule has 0 spiro atoms. The highest BCUT2D eigenvalue weighted by Gasteiger charge is 2.12. The largest absolute Gasteiger partial charge is 0.342 e. The van der Waals surface area contributed by atoms with E-state index in [0.717, 1.165) is 28.3 Å². The van der Waals surface area contributed by atoms with Crippen LogP contribution < -0.4 is 5.32 Å². The monoisotopic (exact) mass is 414 g/mol. The zero-order valence-corrected chi connectivity index (χ0v) is 18.4. The van der Waals surface area contributed by atoms with Crippen molar-refractivity contribution in [2.24, 2.45) is 0 Å². The number of hydrogen-bond acceptors (Lipinski definition) is 2. The molecule has 0 saturated heterocycles. The van der Waals surface area contributed by atoms with Crippen molar-refractivity contribution in [1.29, 1.82) is 0 Å². The standard InChI is InChI=1S/C26H26N2OS/c1-18-12-13-20(3)23(14-18)27-26(29)17-30-25-16-28(24-11-7-6-10-22(24)25)15-21-9-5-4-8-19(21)2/h4-14,16H,15,17H2,1-3H3,(H,27,29). The molecule has 0 atom stereocenters. The fourth-order valence-corrected chi connectivity index (χ4v) is 4.52. The first kappa shape index (κ1) is 20.3. The molecule has 3 aromatic carbocycles. The number of aryl methyl sites for hydroxylation is 3. The van der Waals surface area contributed by atoms with Gasteiger partial charge in [0.25, 0.3) is 0 Å². The number of para-hydroxylation sites is 1. The summed E-state index contributed by atoms with van der Waals surface area (Å²) in [6.45, 7) is 7.02. The van der Waals surface area contributed by atoms with E-state index >= 15 is 0 Å². The maximum absolute atomic E-state index is 12.6. The Hall–Kier alpha value is -2.98. The van der Waals surface area contributed by atoms with Crippen LogP contribution in [0.2, 0.25) is 0 Å². The zero-order chi connectivity index (χ0) is 21.1. The lowest BCUT2D eigenvalue weighted by Gasteiger charge is -2.09. The third kappa shape index (κ3) is 4.44. The molecule has 30 heavy (non-hydrogen) atoms. The molecular formula is C26H26N2OS. The van der Waals surface area contributed by atoms with Gasteiger partial charge in [-0.25, -0.2) is 0 Å². The summed E-state index contributed by atoms with van der Waals surface area (Å²) in [6, 6.07) is 23.0. The number of amides is 1. The van der Waals surface area contributed by atoms with Crippen LogP contribution in [0.15, 0.2) is 77.8 Å². The van der Waals surface area contributed by atoms with Crippen LogP contribution in [-0.4, -0.2) is 16.2 Å². The number of rotatable bonds is 6. The van der Waals surface area contributed by atoms with Crippen molar-refractivity contribution in [3.05, 3.63) is 95.2 Å². The van der Waals surface area contributed by atoms with E-state index in [0.29, 0.717) is 5.75 Å². The molecule has 0 aliphatic heterocycles. The summed E-state index contributed by atoms with van der Waals surface area (Å²) in [4.78, 5) is 13.7. The van der Waals surface area contributed by atoms with Crippen LogP contribution in [0.5, 0.6) is 0 Å². The topological polar surface area (TPSA) is 34.0 Å². The van der Waals surface area contributed by atoms with Crippen LogP contribution >= 0.6 is 11.8 Å². The van der Waals surface area contributed by atoms with Gasteiger partial charge in [-0.2, -0.15) is 0 Å². The number of benzene rings is 3. The highest BCUT2D eigenvalue weighted by Crippen LogP contribution is 2.31. The SMILES string of the molecule is Cc1ccc(C)c(NC(=O)CSc2cn(Cc3ccccc3C)c3ccccc23)c1. The van der Waals surface area contributed by atoms with Crippen LogP contribution in [-0.2, 0) is 11.3 Å². The minimum Gasteiger partial charge on any atom is -0.342 e. The second kappa shape index (κ2) is 8.80. The number of aromatic nitrogens is 1. The number of thioether (sulfide) groups is 1. The van der Waals surface area contributed by atoms with Crippen molar-refractivity contribution in [2.75, 3.05) is 11.1 Å². The lowest BCUT2D eigenvalue weighted by molar-refractivity contribution is -0.113. The average Bonchev–Trinajstić information content (AvgIpc) is 3.09. The van der Waals surface area contributed by atoms with E-state index < -0.39 is 0 Å². The maximum Gasteiger partial charge on any atom is 0.234 e. The van der Waals surface area contributed by atoms with Gasteiger partial charge in [-0.05, 0) is 55.2 Å². The van der Waals surface area contributed by atoms with Gasteiger partial charge in [0.15, 0.2) is 0 Å². The van der Waals surface area contributed by atoms with Crippen molar-refractivity contribution in [2.45, 2.75) is 32.2 Å². The second-order valence-electron chi connectivity index (χ2n) is 7.72. The fourth-order valence-electron chi connectivity index (χ4n) is 3.63. The molecule has 152 valence electrons. The molecule has 0 fully saturated rings. The maximum atomic E-state index is 12.6. The molecule has 4 rings (SSSR count). The lowest BCUT2D eigenvalue weighted by Crippen LogP contribution is -2.14. The Kier molecular flexibility index (Phi) is 5.96. The third-order valence-electron chi connectivity index (χ3n) is 5.38. The fraction of sp³-hybridized carbons (Fsp3) is 0.192. The first-order chi connectivity index (χ1) is 14.5. The minimum atomic E-state index is 0.0180. The zero-order valence-electron chi connectivity index (χ0n) is 17.6. The molecule has 4 aromatic rings. The van der Waals surface area contributed by atoms with E-state index in [-0.39, 0.29) is 5.91 Å². The van der Waals surface area contributed by atoms with Gasteiger partial charge in [0, 0.05) is 34.2 Å². The van der Waals surface area contributed by atoms with Crippen LogP contribution in [0.3, 0.4) is 0 Å². The predicted molar refractivity (Wildman–Crippen MR) is 127 cm³/mol. The second-order valence-corrected chi connectivity index (χ2v) is 8.74. The number of anilines is 1. The van der Waals surface area contributed by atoms with Crippen molar-refractivity contribution >= 4 is 34.3 Å². The highest BCUT2D eigenvalue weighted by molar-refractivity contribution is 8.00. The van der Waals surface area contributed by atoms with Crippen molar-refractivity contribution in [1.82, 2.24) is 4.57 Å². The molecule has 0 radical (unpaired) electrons. The summed E-state index contributed by atoms with van der Waals surface area (Å²) < 4.78 is 2.28. The molecule has 4 heteroatoms. The van der Waals surface area contributed by atoms with E-state index in [4.69, 9.17) is 0 Å². The molecule has 1 aromatic heterocycles. The number of hydrogen-bond donors (Lipinski definition) is 1. The Labute approximate surface area is 182 Å². The number of nitrogens with one attached hydrogen (secondary N) is 1. The minimum absolute atomic E-state index is 0.0180. The summed E-state index contributed by atoms with van der Waals surface area (Å²) in [7, 11) is 0. The molecule has 0 aliphatic rings. The number of fused-ring (bicyclic) bond motifs is 1. The van der Waals surface area contributed by atoms with Gasteiger partial charge in [0.05, 0.1) is 5.75 Å². The number of nitrogens with zero attached hydrogens (tertiary/aromatic N) is 1. The Morgan fingerprint density at radius 2 is 1.70 bits per heavy atom. The van der Waals surface area contributed by atoms with Gasteiger partial charge in [-0.3, -0.25) is 4.79 Å². The molecule has 1 heterocycles. The molecule has 1 N–H and O–H groups in total. The van der Waals surface area contributed by atoms with Gasteiger partial charge >= 0.3 is 0 Å². The Bertz CT molecular complexity index is 1210. The lowest BCUT2D eigenvalue weighted by atomic mass is 10.1. The first-order valence-corrected chi connectivity index (χ1v) is 11.1. The molecule has 1 amide bonds. The Balaban J connectivity index is 1.52. The van der Waals surface area contributed by atoms with Gasteiger partial charge in [0.2, 0.25) is 5.91 Å². The van der Waals surface area contributed by atoms with E-state index in [1.54, 1.807) is 11.8 Å². The summed E-state index contributed by atoms with van der Waals surface area (Å²) >= 11 is 1.59. The normalized spacial score (nSPS) is 11.0. The van der Waals surface area contributed by atoms with Crippen LogP contribution in [0, 0.1) is 20.8 Å². The quantitative estimate of drug-likeness (QED) is 0.373. The summed E-state index contributed by atoms with van der Waals surface area (Å²) in [6.07, 6.45) is 2.17. The summed E-state index contributed by atoms with van der Waals surface area (Å²) in [5, 5.41) is 4.25. The van der Waals surface area contributed by atoms with E-state index in [1.807, 2.05) is 26.0 Å². The van der Waals surface area contributed by atoms with Crippen LogP contribution in [0.4, 0.5) is 5.69 Å². The van der Waals surface area contributed by atoms with Gasteiger partial charge < -0.3 is 9.88 Å². The molecule has 0 aliphatic carbocycles. The summed E-state index contributed by atoms with van der Waals surface area (Å²) in [5.41, 5.74) is 6.90. The van der Waals surface area contributed by atoms with Crippen LogP contribution in [0.25, 0.3) is 10.9 Å². The van der Waals surface area contributed by atoms with E-state index in [9.17, 15) is 4.79 Å². The molecule has 0 unspecified atom stereocenters. The molecule has 3 nitrogen and oxygen atoms in total. The van der Waals surface area contributed by atoms with E-state index in [1.165, 1.54) is 22.0 Å². The number of carbonyl (C=O) groups is 1. The van der Waals surface area contributed by atoms with Crippen LogP contribution in [0.1, 0.15) is 22.3 Å². The molecular weight excluding hydrogens is 388 g/mol. The van der Waals surface area contributed by atoms with Crippen molar-refractivity contribution < 1.29 is 4.79 Å². The van der Waals surface area contributed by atoms with E-state index in [2.05, 4.69) is 77.6 Å². The van der Waals surface area contributed by atoms with Gasteiger partial charge in [-0.1, -0.05) is 54.6 Å². The van der Waals surface area contributed by atoms with Gasteiger partial charge in [-0.15, -0.1) is 11.8 Å². The third-order valence-corrected chi connectivity index (χ3v) is 6.42. The Morgan fingerprint density at radius 1 is 0.933 bits per heavy atom. The van der Waals surface area contributed by atoms with Crippen molar-refractivity contribution in [3.8, 4) is 0 Å². The molecule has 0 saturated carbocycles. The Morgan fingerprint density at radius 3 is 2.53 bits per heavy atom. The van der Waals surface area contributed by atoms with Crippen molar-refractivity contribution in [3.63, 3.8) is 0 Å². The first-order valence-electron chi connectivity index (χ1n) is 10.1. The summed E-state index contributed by atoms with van der Waals surface area (Å²) in [5.74, 6) is 0.399. The molecule has 0 bridgehead atoms. The van der Waals surface area contributed by atoms with Gasteiger partial charge in [0.1, 0.15) is 0 Å². The highest BCUT2D eigenvalue weighted by atomic mass is 32.2. The number of carbonyl (C=O) groups excluding carboxylic acids is 1.